The van der Waals surface area contributed by atoms with E-state index in [0.717, 1.165) is 12.8 Å². The summed E-state index contributed by atoms with van der Waals surface area (Å²) >= 11 is 0. The van der Waals surface area contributed by atoms with Crippen LogP contribution in [0.25, 0.3) is 0 Å². The molecule has 0 aliphatic rings. The van der Waals surface area contributed by atoms with Crippen LogP contribution in [0.3, 0.4) is 0 Å². The first-order valence-electron chi connectivity index (χ1n) is 28.0. The summed E-state index contributed by atoms with van der Waals surface area (Å²) in [6, 6.07) is 0. The van der Waals surface area contributed by atoms with Gasteiger partial charge in [0.1, 0.15) is 0 Å². The number of carbonyl (C=O) groups excluding carboxylic acids is 1. The number of esters is 1. The van der Waals surface area contributed by atoms with Gasteiger partial charge >= 0.3 is 5.97 Å². The Hall–Kier alpha value is -0.530. The van der Waals surface area contributed by atoms with E-state index in [-0.39, 0.29) is 5.97 Å². The van der Waals surface area contributed by atoms with Gasteiger partial charge in [0, 0.05) is 6.42 Å². The van der Waals surface area contributed by atoms with Gasteiger partial charge in [-0.05, 0) is 12.8 Å². The normalized spacial score (nSPS) is 11.6. The molecule has 0 atom stereocenters. The van der Waals surface area contributed by atoms with E-state index in [1.807, 2.05) is 0 Å². The van der Waals surface area contributed by atoms with E-state index in [0.29, 0.717) is 13.0 Å². The Balaban J connectivity index is 3.14. The number of hydrogen-bond donors (Lipinski definition) is 0. The Bertz CT molecular complexity index is 717. The van der Waals surface area contributed by atoms with Gasteiger partial charge in [-0.1, -0.05) is 328 Å². The van der Waals surface area contributed by atoms with Gasteiger partial charge < -0.3 is 4.74 Å². The third-order valence-electron chi connectivity index (χ3n) is 13.2. The van der Waals surface area contributed by atoms with E-state index >= 15 is 0 Å². The molecule has 0 rings (SSSR count). The average molecular weight is 818 g/mol. The first-order valence-corrected chi connectivity index (χ1v) is 28.0. The summed E-state index contributed by atoms with van der Waals surface area (Å²) in [6.45, 7) is 5.25. The molecule has 0 aliphatic heterocycles. The molecular weight excluding hydrogens is 705 g/mol. The maximum absolute atomic E-state index is 12.1. The highest BCUT2D eigenvalue weighted by atomic mass is 16.5. The summed E-state index contributed by atoms with van der Waals surface area (Å²) in [5, 5.41) is 0. The Labute approximate surface area is 368 Å². The van der Waals surface area contributed by atoms with Crippen molar-refractivity contribution in [1.29, 1.82) is 0 Å². The van der Waals surface area contributed by atoms with Crippen molar-refractivity contribution in [1.82, 2.24) is 0 Å². The molecule has 0 aromatic rings. The fourth-order valence-corrected chi connectivity index (χ4v) is 9.08. The minimum absolute atomic E-state index is 0.0358. The Morgan fingerprint density at radius 1 is 0.224 bits per heavy atom. The van der Waals surface area contributed by atoms with Crippen molar-refractivity contribution in [2.75, 3.05) is 6.61 Å². The van der Waals surface area contributed by atoms with Crippen molar-refractivity contribution in [3.8, 4) is 0 Å². The quantitative estimate of drug-likeness (QED) is 0.0451. The zero-order valence-corrected chi connectivity index (χ0v) is 40.8. The average Bonchev–Trinajstić information content (AvgIpc) is 3.23. The van der Waals surface area contributed by atoms with Crippen LogP contribution in [0.1, 0.15) is 348 Å². The minimum Gasteiger partial charge on any atom is -0.466 e. The van der Waals surface area contributed by atoms with Gasteiger partial charge in [-0.25, -0.2) is 0 Å². The molecule has 0 fully saturated rings. The van der Waals surface area contributed by atoms with Crippen LogP contribution < -0.4 is 0 Å². The summed E-state index contributed by atoms with van der Waals surface area (Å²) in [5.41, 5.74) is 0. The first-order chi connectivity index (χ1) is 28.8. The predicted octanol–water partition coefficient (Wildman–Crippen LogP) is 20.9. The van der Waals surface area contributed by atoms with Gasteiger partial charge in [0.15, 0.2) is 0 Å². The van der Waals surface area contributed by atoms with E-state index in [1.54, 1.807) is 0 Å². The molecule has 0 N–H and O–H groups in total. The molecule has 0 heterocycles. The van der Waals surface area contributed by atoms with Crippen molar-refractivity contribution in [3.63, 3.8) is 0 Å². The van der Waals surface area contributed by atoms with Crippen molar-refractivity contribution in [3.05, 3.63) is 0 Å². The number of unbranched alkanes of at least 4 members (excludes halogenated alkanes) is 49. The molecule has 0 amide bonds. The first kappa shape index (κ1) is 57.5. The molecule has 348 valence electrons. The standard InChI is InChI=1S/C56H112O2/c1-3-5-7-9-11-13-15-17-19-21-23-25-27-29-30-31-32-34-36-38-40-42-44-46-48-50-52-54-56(57)58-55-53-51-49-47-45-43-41-39-37-35-33-28-26-24-22-20-18-16-14-12-10-8-6-4-2/h3-55H2,1-2H3. The third kappa shape index (κ3) is 53.5. The molecule has 0 aromatic carbocycles. The molecule has 0 spiro atoms. The number of hydrogen-bond acceptors (Lipinski definition) is 2. The molecule has 0 saturated heterocycles. The Morgan fingerprint density at radius 3 is 0.569 bits per heavy atom. The molecule has 0 unspecified atom stereocenters. The van der Waals surface area contributed by atoms with E-state index in [4.69, 9.17) is 4.74 Å². The zero-order chi connectivity index (χ0) is 41.8. The van der Waals surface area contributed by atoms with E-state index in [9.17, 15) is 4.79 Å². The van der Waals surface area contributed by atoms with E-state index in [1.165, 1.54) is 315 Å². The number of rotatable bonds is 53. The fraction of sp³-hybridized carbons (Fsp3) is 0.982. The lowest BCUT2D eigenvalue weighted by molar-refractivity contribution is -0.143. The van der Waals surface area contributed by atoms with Gasteiger partial charge in [-0.15, -0.1) is 0 Å². The monoisotopic (exact) mass is 817 g/mol. The lowest BCUT2D eigenvalue weighted by Crippen LogP contribution is -2.05. The van der Waals surface area contributed by atoms with Gasteiger partial charge in [0.25, 0.3) is 0 Å². The van der Waals surface area contributed by atoms with Gasteiger partial charge in [-0.3, -0.25) is 4.79 Å². The second-order valence-corrected chi connectivity index (χ2v) is 19.3. The Morgan fingerprint density at radius 2 is 0.379 bits per heavy atom. The Kier molecular flexibility index (Phi) is 54.0. The van der Waals surface area contributed by atoms with Gasteiger partial charge in [-0.2, -0.15) is 0 Å². The summed E-state index contributed by atoms with van der Waals surface area (Å²) in [7, 11) is 0. The van der Waals surface area contributed by atoms with Crippen molar-refractivity contribution < 1.29 is 9.53 Å². The van der Waals surface area contributed by atoms with Crippen molar-refractivity contribution >= 4 is 5.97 Å². The number of ether oxygens (including phenoxy) is 1. The van der Waals surface area contributed by atoms with Crippen LogP contribution in [-0.2, 0) is 9.53 Å². The fourth-order valence-electron chi connectivity index (χ4n) is 9.08. The lowest BCUT2D eigenvalue weighted by Gasteiger charge is -2.06. The smallest absolute Gasteiger partial charge is 0.305 e. The minimum atomic E-state index is 0.0358. The zero-order valence-electron chi connectivity index (χ0n) is 40.8. The second-order valence-electron chi connectivity index (χ2n) is 19.3. The molecule has 0 aliphatic carbocycles. The van der Waals surface area contributed by atoms with Crippen LogP contribution in [0, 0.1) is 0 Å². The van der Waals surface area contributed by atoms with Crippen LogP contribution in [-0.4, -0.2) is 12.6 Å². The van der Waals surface area contributed by atoms with Crippen LogP contribution >= 0.6 is 0 Å². The summed E-state index contributed by atoms with van der Waals surface area (Å²) in [6.07, 6.45) is 72.8. The van der Waals surface area contributed by atoms with Gasteiger partial charge in [0.2, 0.25) is 0 Å². The molecule has 0 radical (unpaired) electrons. The molecule has 0 bridgehead atoms. The third-order valence-corrected chi connectivity index (χ3v) is 13.2. The van der Waals surface area contributed by atoms with Crippen molar-refractivity contribution in [2.24, 2.45) is 0 Å². The number of carbonyl (C=O) groups is 1. The SMILES string of the molecule is CCCCCCCCCCCCCCCCCCCCCCCCCCCCCC(=O)OCCCCCCCCCCCCCCCCCCCCCCCCCC. The molecule has 0 saturated carbocycles. The molecule has 58 heavy (non-hydrogen) atoms. The van der Waals surface area contributed by atoms with Gasteiger partial charge in [0.05, 0.1) is 6.61 Å². The maximum Gasteiger partial charge on any atom is 0.305 e. The summed E-state index contributed by atoms with van der Waals surface area (Å²) in [4.78, 5) is 12.1. The predicted molar refractivity (Wildman–Crippen MR) is 262 cm³/mol. The maximum atomic E-state index is 12.1. The highest BCUT2D eigenvalue weighted by Crippen LogP contribution is 2.18. The molecule has 2 heteroatoms. The van der Waals surface area contributed by atoms with Crippen molar-refractivity contribution in [2.45, 2.75) is 348 Å². The van der Waals surface area contributed by atoms with Crippen LogP contribution in [0.15, 0.2) is 0 Å². The van der Waals surface area contributed by atoms with Crippen LogP contribution in [0.2, 0.25) is 0 Å². The molecule has 0 aromatic heterocycles. The second kappa shape index (κ2) is 54.5. The van der Waals surface area contributed by atoms with Crippen LogP contribution in [0.4, 0.5) is 0 Å². The molecular formula is C56H112O2. The highest BCUT2D eigenvalue weighted by Gasteiger charge is 2.03. The molecule has 2 nitrogen and oxygen atoms in total. The van der Waals surface area contributed by atoms with E-state index in [2.05, 4.69) is 13.8 Å². The van der Waals surface area contributed by atoms with Crippen LogP contribution in [0.5, 0.6) is 0 Å². The van der Waals surface area contributed by atoms with E-state index < -0.39 is 0 Å². The summed E-state index contributed by atoms with van der Waals surface area (Å²) in [5.74, 6) is 0.0358. The largest absolute Gasteiger partial charge is 0.466 e. The lowest BCUT2D eigenvalue weighted by atomic mass is 10.0. The summed E-state index contributed by atoms with van der Waals surface area (Å²) < 4.78 is 5.51. The topological polar surface area (TPSA) is 26.3 Å². The highest BCUT2D eigenvalue weighted by molar-refractivity contribution is 5.69.